The molecule has 0 aromatic heterocycles. The van der Waals surface area contributed by atoms with Crippen LogP contribution < -0.4 is 24.8 Å². The number of benzene rings is 1. The highest BCUT2D eigenvalue weighted by Gasteiger charge is 2.13. The number of rotatable bonds is 9. The van der Waals surface area contributed by atoms with Crippen LogP contribution in [0.25, 0.3) is 0 Å². The number of carbonyl (C=O) groups is 1. The van der Waals surface area contributed by atoms with Gasteiger partial charge in [-0.2, -0.15) is 0 Å². The summed E-state index contributed by atoms with van der Waals surface area (Å²) in [5.41, 5.74) is 0.813. The average Bonchev–Trinajstić information content (AvgIpc) is 2.51. The Balaban J connectivity index is 2.65. The number of anilines is 1. The number of nitrogens with one attached hydrogen (secondary N) is 2. The van der Waals surface area contributed by atoms with Crippen LogP contribution in [0.3, 0.4) is 0 Å². The second kappa shape index (κ2) is 8.94. The molecule has 21 heavy (non-hydrogen) atoms. The van der Waals surface area contributed by atoms with Crippen LogP contribution in [-0.2, 0) is 4.79 Å². The van der Waals surface area contributed by atoms with Gasteiger partial charge in [-0.25, -0.2) is 0 Å². The first-order chi connectivity index (χ1) is 10.2. The quantitative estimate of drug-likeness (QED) is 0.730. The van der Waals surface area contributed by atoms with E-state index in [4.69, 9.17) is 14.2 Å². The van der Waals surface area contributed by atoms with Gasteiger partial charge in [-0.1, -0.05) is 6.92 Å². The van der Waals surface area contributed by atoms with Crippen molar-refractivity contribution in [3.63, 3.8) is 0 Å². The van der Waals surface area contributed by atoms with Crippen LogP contribution in [0, 0.1) is 0 Å². The Morgan fingerprint density at radius 1 is 1.05 bits per heavy atom. The van der Waals surface area contributed by atoms with E-state index >= 15 is 0 Å². The lowest BCUT2D eigenvalue weighted by atomic mass is 10.2. The maximum absolute atomic E-state index is 11.5. The Bertz CT molecular complexity index is 438. The van der Waals surface area contributed by atoms with Gasteiger partial charge in [-0.3, -0.25) is 4.79 Å². The largest absolute Gasteiger partial charge is 0.493 e. The molecular formula is C15H24N2O4. The van der Waals surface area contributed by atoms with Crippen LogP contribution in [0.5, 0.6) is 17.2 Å². The molecule has 0 bridgehead atoms. The van der Waals surface area contributed by atoms with E-state index < -0.39 is 0 Å². The molecule has 0 heterocycles. The molecule has 0 aliphatic carbocycles. The molecule has 0 atom stereocenters. The summed E-state index contributed by atoms with van der Waals surface area (Å²) in [6.45, 7) is 3.27. The Labute approximate surface area is 125 Å². The third-order valence-corrected chi connectivity index (χ3v) is 2.92. The third kappa shape index (κ3) is 5.06. The van der Waals surface area contributed by atoms with E-state index in [1.807, 2.05) is 19.1 Å². The summed E-state index contributed by atoms with van der Waals surface area (Å²) in [5.74, 6) is 1.74. The Morgan fingerprint density at radius 3 is 2.14 bits per heavy atom. The van der Waals surface area contributed by atoms with E-state index in [0.717, 1.165) is 12.1 Å². The van der Waals surface area contributed by atoms with Crippen LogP contribution in [0.4, 0.5) is 5.69 Å². The van der Waals surface area contributed by atoms with Crippen LogP contribution in [-0.4, -0.2) is 40.3 Å². The summed E-state index contributed by atoms with van der Waals surface area (Å²) < 4.78 is 15.8. The van der Waals surface area contributed by atoms with E-state index in [-0.39, 0.29) is 5.91 Å². The number of methoxy groups -OCH3 is 3. The minimum absolute atomic E-state index is 0.0387. The van der Waals surface area contributed by atoms with Gasteiger partial charge in [-0.15, -0.1) is 0 Å². The number of carbonyl (C=O) groups excluding carboxylic acids is 1. The summed E-state index contributed by atoms with van der Waals surface area (Å²) in [7, 11) is 4.70. The first-order valence-electron chi connectivity index (χ1n) is 6.96. The fourth-order valence-electron chi connectivity index (χ4n) is 1.86. The van der Waals surface area contributed by atoms with Crippen LogP contribution in [0.15, 0.2) is 12.1 Å². The number of hydrogen-bond donors (Lipinski definition) is 2. The minimum atomic E-state index is 0.0387. The molecule has 1 rings (SSSR count). The summed E-state index contributed by atoms with van der Waals surface area (Å²) in [4.78, 5) is 11.5. The van der Waals surface area contributed by atoms with Crippen molar-refractivity contribution in [1.29, 1.82) is 0 Å². The summed E-state index contributed by atoms with van der Waals surface area (Å²) in [6.07, 6.45) is 1.35. The van der Waals surface area contributed by atoms with Crippen molar-refractivity contribution >= 4 is 11.6 Å². The Hall–Kier alpha value is -2.11. The van der Waals surface area contributed by atoms with Gasteiger partial charge in [0.1, 0.15) is 0 Å². The van der Waals surface area contributed by atoms with Crippen LogP contribution in [0.2, 0.25) is 0 Å². The fourth-order valence-corrected chi connectivity index (χ4v) is 1.86. The summed E-state index contributed by atoms with van der Waals surface area (Å²) in [6, 6.07) is 3.62. The predicted molar refractivity (Wildman–Crippen MR) is 82.5 cm³/mol. The second-order valence-electron chi connectivity index (χ2n) is 4.44. The van der Waals surface area contributed by atoms with Gasteiger partial charge in [0.2, 0.25) is 11.7 Å². The Morgan fingerprint density at radius 2 is 1.67 bits per heavy atom. The normalized spacial score (nSPS) is 9.90. The molecule has 0 radical (unpaired) electrons. The highest BCUT2D eigenvalue weighted by atomic mass is 16.5. The number of amides is 1. The molecule has 0 saturated carbocycles. The molecule has 1 amide bonds. The van der Waals surface area contributed by atoms with E-state index in [1.54, 1.807) is 21.3 Å². The molecule has 6 nitrogen and oxygen atoms in total. The average molecular weight is 296 g/mol. The van der Waals surface area contributed by atoms with Gasteiger partial charge >= 0.3 is 0 Å². The maximum Gasteiger partial charge on any atom is 0.221 e. The van der Waals surface area contributed by atoms with Gasteiger partial charge in [-0.05, 0) is 6.42 Å². The highest BCUT2D eigenvalue weighted by Crippen LogP contribution is 2.39. The molecule has 0 saturated heterocycles. The van der Waals surface area contributed by atoms with Crippen molar-refractivity contribution < 1.29 is 19.0 Å². The molecule has 0 aliphatic rings. The lowest BCUT2D eigenvalue weighted by Gasteiger charge is -2.15. The van der Waals surface area contributed by atoms with Crippen LogP contribution >= 0.6 is 0 Å². The number of ether oxygens (including phenoxy) is 3. The minimum Gasteiger partial charge on any atom is -0.493 e. The SMILES string of the molecule is CCCNC(=O)CCNc1cc(OC)c(OC)c(OC)c1. The van der Waals surface area contributed by atoms with Gasteiger partial charge < -0.3 is 24.8 Å². The first kappa shape index (κ1) is 16.9. The molecule has 2 N–H and O–H groups in total. The fraction of sp³-hybridized carbons (Fsp3) is 0.533. The molecule has 0 spiro atoms. The van der Waals surface area contributed by atoms with Gasteiger partial charge in [0.25, 0.3) is 0 Å². The molecule has 1 aromatic carbocycles. The maximum atomic E-state index is 11.5. The smallest absolute Gasteiger partial charge is 0.221 e. The molecule has 1 aromatic rings. The van der Waals surface area contributed by atoms with Gasteiger partial charge in [0, 0.05) is 37.3 Å². The number of hydrogen-bond acceptors (Lipinski definition) is 5. The van der Waals surface area contributed by atoms with Gasteiger partial charge in [0.15, 0.2) is 11.5 Å². The zero-order valence-electron chi connectivity index (χ0n) is 13.1. The predicted octanol–water partition coefficient (Wildman–Crippen LogP) is 2.04. The molecule has 0 aliphatic heterocycles. The van der Waals surface area contributed by atoms with Crippen molar-refractivity contribution in [2.45, 2.75) is 19.8 Å². The monoisotopic (exact) mass is 296 g/mol. The van der Waals surface area contributed by atoms with Crippen LogP contribution in [0.1, 0.15) is 19.8 Å². The zero-order valence-corrected chi connectivity index (χ0v) is 13.1. The van der Waals surface area contributed by atoms with Crippen molar-refractivity contribution in [1.82, 2.24) is 5.32 Å². The van der Waals surface area contributed by atoms with Gasteiger partial charge in [0.05, 0.1) is 21.3 Å². The summed E-state index contributed by atoms with van der Waals surface area (Å²) in [5, 5.41) is 6.01. The standard InChI is InChI=1S/C15H24N2O4/c1-5-7-17-14(18)6-8-16-11-9-12(19-2)15(21-4)13(10-11)20-3/h9-10,16H,5-8H2,1-4H3,(H,17,18). The molecule has 118 valence electrons. The van der Waals surface area contributed by atoms with E-state index in [9.17, 15) is 4.79 Å². The topological polar surface area (TPSA) is 68.8 Å². The Kier molecular flexibility index (Phi) is 7.21. The van der Waals surface area contributed by atoms with Crippen molar-refractivity contribution in [2.75, 3.05) is 39.7 Å². The van der Waals surface area contributed by atoms with Crippen molar-refractivity contribution in [3.05, 3.63) is 12.1 Å². The second-order valence-corrected chi connectivity index (χ2v) is 4.44. The first-order valence-corrected chi connectivity index (χ1v) is 6.96. The summed E-state index contributed by atoms with van der Waals surface area (Å²) >= 11 is 0. The lowest BCUT2D eigenvalue weighted by Crippen LogP contribution is -2.25. The molecule has 6 heteroatoms. The molecular weight excluding hydrogens is 272 g/mol. The van der Waals surface area contributed by atoms with Crippen molar-refractivity contribution in [3.8, 4) is 17.2 Å². The van der Waals surface area contributed by atoms with E-state index in [0.29, 0.717) is 36.8 Å². The molecule has 0 unspecified atom stereocenters. The lowest BCUT2D eigenvalue weighted by molar-refractivity contribution is -0.120. The zero-order chi connectivity index (χ0) is 15.7. The van der Waals surface area contributed by atoms with Crippen molar-refractivity contribution in [2.24, 2.45) is 0 Å². The van der Waals surface area contributed by atoms with E-state index in [2.05, 4.69) is 10.6 Å². The highest BCUT2D eigenvalue weighted by molar-refractivity contribution is 5.76. The molecule has 0 fully saturated rings. The third-order valence-electron chi connectivity index (χ3n) is 2.92. The van der Waals surface area contributed by atoms with E-state index in [1.165, 1.54) is 0 Å².